The van der Waals surface area contributed by atoms with Gasteiger partial charge in [0, 0.05) is 64.8 Å². The summed E-state index contributed by atoms with van der Waals surface area (Å²) in [6, 6.07) is 0. The van der Waals surface area contributed by atoms with Crippen LogP contribution in [-0.4, -0.2) is 49.7 Å². The lowest BCUT2D eigenvalue weighted by atomic mass is 9.98. The number of hydrogen-bond acceptors (Lipinski definition) is 5. The fraction of sp³-hybridized carbons (Fsp3) is 0.333. The second-order valence-corrected chi connectivity index (χ2v) is 11.4. The molecule has 2 aliphatic rings. The molecule has 44 heavy (non-hydrogen) atoms. The second kappa shape index (κ2) is 13.4. The number of aliphatic carboxylic acids is 2. The van der Waals surface area contributed by atoms with E-state index in [2.05, 4.69) is 39.8 Å². The van der Waals surface area contributed by atoms with Gasteiger partial charge in [-0.15, -0.1) is 0 Å². The molecule has 1 saturated heterocycles. The van der Waals surface area contributed by atoms with E-state index in [0.29, 0.717) is 35.6 Å². The Labute approximate surface area is 261 Å². The Balaban J connectivity index is 1.80. The molecule has 0 aromatic carbocycles. The minimum atomic E-state index is -0.918. The summed E-state index contributed by atoms with van der Waals surface area (Å²) in [4.78, 5) is 54.8. The topological polar surface area (TPSA) is 164 Å². The van der Waals surface area contributed by atoms with Gasteiger partial charge >= 0.3 is 11.9 Å². The van der Waals surface area contributed by atoms with Gasteiger partial charge in [-0.1, -0.05) is 18.7 Å². The first kappa shape index (κ1) is 32.4. The zero-order valence-corrected chi connectivity index (χ0v) is 26.2. The lowest BCUT2D eigenvalue weighted by Crippen LogP contribution is -2.16. The van der Waals surface area contributed by atoms with Crippen LogP contribution in [-0.2, 0) is 38.4 Å². The van der Waals surface area contributed by atoms with Crippen LogP contribution in [0.3, 0.4) is 0 Å². The predicted octanol–water partition coefficient (Wildman–Crippen LogP) is 4.52. The number of carboxylic acid groups (broad SMARTS) is 2. The standard InChI is InChI=1S/C33H38N4O6S/c1-6-20-16(2)26(36-33(20)43)13-24-17(3)21(7-9-30(38)39)27(34-24)15-28-22(8-10-31(40)41)18(4)25(35-28)14-29-23(11-12-44)19(5)32(42)37-29/h6,11,13-14,19,34-35,44H,1,7-10,12,15H2,2-5H3,(H,36,43)(H,37,42)(H,38,39)(H,40,41)/b23-11+,26-13-,29-14+/t19-/m0/s1. The number of allylic oxidation sites excluding steroid dienone is 2. The molecule has 4 heterocycles. The van der Waals surface area contributed by atoms with Crippen molar-refractivity contribution in [1.29, 1.82) is 0 Å². The molecule has 232 valence electrons. The van der Waals surface area contributed by atoms with Crippen molar-refractivity contribution in [3.05, 3.63) is 91.9 Å². The van der Waals surface area contributed by atoms with E-state index in [1.54, 1.807) is 0 Å². The van der Waals surface area contributed by atoms with Crippen LogP contribution in [0.15, 0.2) is 46.8 Å². The molecule has 0 unspecified atom stereocenters. The maximum absolute atomic E-state index is 12.4. The monoisotopic (exact) mass is 618 g/mol. The summed E-state index contributed by atoms with van der Waals surface area (Å²) in [7, 11) is 0. The average Bonchev–Trinajstić information content (AvgIpc) is 3.60. The predicted molar refractivity (Wildman–Crippen MR) is 172 cm³/mol. The van der Waals surface area contributed by atoms with Crippen molar-refractivity contribution in [2.45, 2.75) is 59.8 Å². The molecule has 0 spiro atoms. The van der Waals surface area contributed by atoms with Crippen LogP contribution in [0.2, 0.25) is 0 Å². The van der Waals surface area contributed by atoms with E-state index in [4.69, 9.17) is 0 Å². The molecule has 1 atom stereocenters. The van der Waals surface area contributed by atoms with E-state index >= 15 is 0 Å². The normalized spacial score (nSPS) is 19.4. The van der Waals surface area contributed by atoms with Crippen molar-refractivity contribution >= 4 is 48.5 Å². The van der Waals surface area contributed by atoms with Crippen LogP contribution in [0.1, 0.15) is 71.7 Å². The summed E-state index contributed by atoms with van der Waals surface area (Å²) in [6.45, 7) is 11.2. The maximum atomic E-state index is 12.4. The molecule has 10 nitrogen and oxygen atoms in total. The summed E-state index contributed by atoms with van der Waals surface area (Å²) < 4.78 is 0. The molecule has 4 rings (SSSR count). The largest absolute Gasteiger partial charge is 0.481 e. The number of thiol groups is 1. The van der Waals surface area contributed by atoms with Crippen molar-refractivity contribution in [1.82, 2.24) is 20.6 Å². The molecular weight excluding hydrogens is 580 g/mol. The summed E-state index contributed by atoms with van der Waals surface area (Å²) in [5.74, 6) is -2.01. The van der Waals surface area contributed by atoms with Crippen LogP contribution in [0.25, 0.3) is 12.2 Å². The van der Waals surface area contributed by atoms with E-state index in [1.165, 1.54) is 6.08 Å². The fourth-order valence-electron chi connectivity index (χ4n) is 5.82. The SMILES string of the molecule is C=CC1=C(C)/C(=C/c2[nH]c(Cc3[nH]c(/C=C4/NC(=O)[C@@H](C)/C4=C\CS)c(C)c3CCC(=O)O)c(CCC(=O)O)c2C)NC1=O. The molecule has 0 radical (unpaired) electrons. The third-order valence-corrected chi connectivity index (χ3v) is 8.55. The Bertz CT molecular complexity index is 1680. The lowest BCUT2D eigenvalue weighted by Gasteiger charge is -2.07. The fourth-order valence-corrected chi connectivity index (χ4v) is 6.02. The van der Waals surface area contributed by atoms with Crippen molar-refractivity contribution < 1.29 is 29.4 Å². The van der Waals surface area contributed by atoms with Crippen molar-refractivity contribution in [3.8, 4) is 0 Å². The van der Waals surface area contributed by atoms with Gasteiger partial charge in [0.15, 0.2) is 0 Å². The molecule has 0 aliphatic carbocycles. The molecule has 2 aromatic rings. The van der Waals surface area contributed by atoms with Gasteiger partial charge in [0.2, 0.25) is 5.91 Å². The Hall–Kier alpha value is -4.51. The summed E-state index contributed by atoms with van der Waals surface area (Å²) in [5.41, 5.74) is 9.93. The zero-order chi connectivity index (χ0) is 32.3. The zero-order valence-electron chi connectivity index (χ0n) is 25.3. The minimum Gasteiger partial charge on any atom is -0.481 e. The summed E-state index contributed by atoms with van der Waals surface area (Å²) in [6.07, 6.45) is 7.94. The van der Waals surface area contributed by atoms with Gasteiger partial charge in [0.25, 0.3) is 5.91 Å². The Morgan fingerprint density at radius 2 is 1.41 bits per heavy atom. The highest BCUT2D eigenvalue weighted by Gasteiger charge is 2.30. The highest BCUT2D eigenvalue weighted by Crippen LogP contribution is 2.32. The number of aromatic nitrogens is 2. The van der Waals surface area contributed by atoms with Gasteiger partial charge in [-0.3, -0.25) is 19.2 Å². The van der Waals surface area contributed by atoms with Gasteiger partial charge < -0.3 is 30.8 Å². The number of carboxylic acids is 2. The number of rotatable bonds is 12. The van der Waals surface area contributed by atoms with E-state index in [0.717, 1.165) is 56.2 Å². The highest BCUT2D eigenvalue weighted by atomic mass is 32.1. The van der Waals surface area contributed by atoms with E-state index < -0.39 is 11.9 Å². The summed E-state index contributed by atoms with van der Waals surface area (Å²) >= 11 is 4.30. The van der Waals surface area contributed by atoms with Crippen molar-refractivity contribution in [2.24, 2.45) is 5.92 Å². The smallest absolute Gasteiger partial charge is 0.303 e. The number of carbonyl (C=O) groups excluding carboxylic acids is 2. The van der Waals surface area contributed by atoms with Crippen LogP contribution >= 0.6 is 12.6 Å². The van der Waals surface area contributed by atoms with Crippen LogP contribution in [0, 0.1) is 19.8 Å². The molecule has 1 fully saturated rings. The quantitative estimate of drug-likeness (QED) is 0.173. The van der Waals surface area contributed by atoms with Crippen molar-refractivity contribution in [2.75, 3.05) is 5.75 Å². The first-order valence-corrected chi connectivity index (χ1v) is 15.0. The number of H-pyrrole nitrogens is 2. The van der Waals surface area contributed by atoms with Gasteiger partial charge in [0.05, 0.1) is 5.92 Å². The molecule has 2 amide bonds. The Kier molecular flexibility index (Phi) is 9.88. The number of hydrogen-bond donors (Lipinski definition) is 7. The lowest BCUT2D eigenvalue weighted by molar-refractivity contribution is -0.138. The van der Waals surface area contributed by atoms with Gasteiger partial charge in [-0.25, -0.2) is 0 Å². The van der Waals surface area contributed by atoms with Crippen LogP contribution in [0.4, 0.5) is 0 Å². The Morgan fingerprint density at radius 1 is 0.886 bits per heavy atom. The average molecular weight is 619 g/mol. The van der Waals surface area contributed by atoms with Gasteiger partial charge in [-0.2, -0.15) is 12.6 Å². The number of carbonyl (C=O) groups is 4. The molecular formula is C33H38N4O6S. The van der Waals surface area contributed by atoms with Gasteiger partial charge in [0.1, 0.15) is 0 Å². The van der Waals surface area contributed by atoms with Crippen LogP contribution < -0.4 is 10.6 Å². The Morgan fingerprint density at radius 3 is 1.86 bits per heavy atom. The molecule has 11 heteroatoms. The van der Waals surface area contributed by atoms with E-state index in [-0.39, 0.29) is 37.0 Å². The minimum absolute atomic E-state index is 0.0653. The van der Waals surface area contributed by atoms with E-state index in [1.807, 2.05) is 45.9 Å². The molecule has 2 aromatic heterocycles. The first-order valence-electron chi connectivity index (χ1n) is 14.4. The third-order valence-electron chi connectivity index (χ3n) is 8.37. The third kappa shape index (κ3) is 6.67. The van der Waals surface area contributed by atoms with E-state index in [9.17, 15) is 29.4 Å². The number of nitrogens with one attached hydrogen (secondary N) is 4. The molecule has 0 saturated carbocycles. The maximum Gasteiger partial charge on any atom is 0.303 e. The summed E-state index contributed by atoms with van der Waals surface area (Å²) in [5, 5.41) is 24.7. The van der Waals surface area contributed by atoms with Gasteiger partial charge in [-0.05, 0) is 86.1 Å². The first-order chi connectivity index (χ1) is 20.9. The molecule has 6 N–H and O–H groups in total. The van der Waals surface area contributed by atoms with Crippen LogP contribution in [0.5, 0.6) is 0 Å². The highest BCUT2D eigenvalue weighted by molar-refractivity contribution is 7.80. The molecule has 0 bridgehead atoms. The van der Waals surface area contributed by atoms with Crippen molar-refractivity contribution in [3.63, 3.8) is 0 Å². The number of aromatic amines is 2. The second-order valence-electron chi connectivity index (χ2n) is 11.1. The molecule has 2 aliphatic heterocycles. The number of amides is 2.